The molecule has 0 aliphatic rings. The van der Waals surface area contributed by atoms with E-state index < -0.39 is 26.0 Å². The highest BCUT2D eigenvalue weighted by atomic mass is 127. The molecule has 0 spiro atoms. The van der Waals surface area contributed by atoms with Crippen LogP contribution in [0.3, 0.4) is 0 Å². The zero-order valence-electron chi connectivity index (χ0n) is 59.1. The van der Waals surface area contributed by atoms with Crippen LogP contribution in [0, 0.1) is 11.8 Å². The number of aliphatic hydroxyl groups is 1. The first-order valence-electron chi connectivity index (χ1n) is 30.9. The highest BCUT2D eigenvalue weighted by molar-refractivity contribution is 14.1. The minimum Gasteiger partial charge on any atom is -0.481 e. The number of carboxylic acids is 1. The molecule has 0 saturated heterocycles. The summed E-state index contributed by atoms with van der Waals surface area (Å²) in [4.78, 5) is 34.9. The predicted octanol–water partition coefficient (Wildman–Crippen LogP) is 28.7. The van der Waals surface area contributed by atoms with E-state index in [4.69, 9.17) is 28.8 Å². The van der Waals surface area contributed by atoms with Crippen LogP contribution in [0.2, 0.25) is 18.1 Å². The van der Waals surface area contributed by atoms with Crippen molar-refractivity contribution in [3.8, 4) is 0 Å². The van der Waals surface area contributed by atoms with Gasteiger partial charge in [-0.25, -0.2) is 4.79 Å². The van der Waals surface area contributed by atoms with Crippen molar-refractivity contribution in [1.82, 2.24) is 10.6 Å². The van der Waals surface area contributed by atoms with Crippen LogP contribution in [0.1, 0.15) is 145 Å². The molecule has 40 heteroatoms. The molecule has 22 atom stereocenters. The van der Waals surface area contributed by atoms with Crippen molar-refractivity contribution < 1.29 is 43.2 Å². The Morgan fingerprint density at radius 1 is 0.588 bits per heavy atom. The molecule has 0 aliphatic carbocycles. The van der Waals surface area contributed by atoms with Crippen molar-refractivity contribution in [2.24, 2.45) is 11.8 Å². The normalized spacial score (nSPS) is 14.1. The standard InChI is InChI=1S/C23H34INO3.C21H30INO3.C13H28O3Si.H12P10.H11P9.H9P7/c1-19(13-15-24)23(25-22(27)12-8-3-4-9-16-26)20(2)14-17-28-18-21-10-6-5-7-11-21;1-16(11-13-22)19(23-20(24)26-21(3,4)5)17(2)12-14-25-15-18-9-7-6-8-10-18;1-13(2,3)17(4,5)16-11-9-7-6-8-10-12(14)15;1-7(2)10(8(3)4)9(5)6;1-6-9(7(2)3)8(4)5;1-5-7(4)6(2)3/h5-7,10-11,13-15,19,23,26H,3-4,8-9,12,16-18H2,1-2H3,(H,25,27);6-13,16,19H,14-15H2,1-5H3,(H,23,24);6-11H2,1-5H3,(H,14,15);1-6H2;6H,1-5H2;5H,1-4H2/b15-13+,20-14+;13-11+,17-12+;;;;/t19-,23?;16-,19-;;;;/m00..../s1. The third kappa shape index (κ3) is 66.3. The van der Waals surface area contributed by atoms with Crippen molar-refractivity contribution in [2.75, 3.05) is 26.4 Å². The number of aliphatic carboxylic acids is 1. The number of aliphatic hydroxyl groups excluding tert-OH is 1. The van der Waals surface area contributed by atoms with Gasteiger partial charge in [0, 0.05) is 26.1 Å². The number of unbranched alkanes of at least 4 members (excludes halogenated alkanes) is 6. The van der Waals surface area contributed by atoms with E-state index in [-0.39, 0.29) is 97.4 Å². The van der Waals surface area contributed by atoms with Crippen LogP contribution >= 0.6 is 258 Å². The van der Waals surface area contributed by atoms with Crippen LogP contribution in [-0.4, -0.2) is 80.6 Å². The van der Waals surface area contributed by atoms with Gasteiger partial charge in [0.1, 0.15) is 5.60 Å². The molecular weight excluding hydrogens is 1940 g/mol. The average Bonchev–Trinajstić information content (AvgIpc) is 0.888. The number of hydrogen-bond donors (Lipinski definition) is 4. The van der Waals surface area contributed by atoms with Crippen LogP contribution < -0.4 is 10.6 Å². The summed E-state index contributed by atoms with van der Waals surface area (Å²) in [5.41, 5.74) is 3.94. The fourth-order valence-electron chi connectivity index (χ4n) is 7.29. The molecule has 0 aliphatic heterocycles. The Morgan fingerprint density at radius 2 is 0.990 bits per heavy atom. The fourth-order valence-corrected chi connectivity index (χ4v) is 174. The van der Waals surface area contributed by atoms with E-state index in [0.717, 1.165) is 96.2 Å². The largest absolute Gasteiger partial charge is 0.481 e. The molecular formula is C57H124I2N2O9P26Si. The van der Waals surface area contributed by atoms with Crippen molar-refractivity contribution in [3.05, 3.63) is 115 Å². The van der Waals surface area contributed by atoms with E-state index >= 15 is 0 Å². The molecule has 97 heavy (non-hydrogen) atoms. The molecule has 0 radical (unpaired) electrons. The highest BCUT2D eigenvalue weighted by Gasteiger charge is 2.37. The Hall–Kier alpha value is 8.31. The van der Waals surface area contributed by atoms with Crippen LogP contribution in [0.5, 0.6) is 0 Å². The number of nitrogens with one attached hydrogen (secondary N) is 2. The number of hydrogen-bond acceptors (Lipinski definition) is 8. The monoisotopic (exact) mass is 2070 g/mol. The molecule has 0 saturated carbocycles. The summed E-state index contributed by atoms with van der Waals surface area (Å²) in [6.07, 6.45) is 16.2. The lowest BCUT2D eigenvalue weighted by Crippen LogP contribution is -2.42. The lowest BCUT2D eigenvalue weighted by atomic mass is 9.94. The molecule has 2 rings (SSSR count). The zero-order chi connectivity index (χ0) is 75.3. The number of alkyl carbamates (subject to hydrolysis) is 1. The molecule has 2 amide bonds. The molecule has 2 aromatic carbocycles. The van der Waals surface area contributed by atoms with Gasteiger partial charge in [-0.3, -0.25) is 9.59 Å². The average molecular weight is 2070 g/mol. The summed E-state index contributed by atoms with van der Waals surface area (Å²) in [6.45, 7) is 30.0. The minimum absolute atomic E-state index is 0.0312. The van der Waals surface area contributed by atoms with Gasteiger partial charge in [0.05, 0.1) is 38.5 Å². The number of carboxylic acid groups (broad SMARTS) is 1. The van der Waals surface area contributed by atoms with Gasteiger partial charge in [-0.2, -0.15) is 0 Å². The molecule has 0 heterocycles. The van der Waals surface area contributed by atoms with E-state index in [1.807, 2.05) is 103 Å². The molecule has 0 fully saturated rings. The maximum atomic E-state index is 12.4. The van der Waals surface area contributed by atoms with Crippen molar-refractivity contribution >= 4 is 284 Å². The summed E-state index contributed by atoms with van der Waals surface area (Å²) in [5.74, 6) is -0.256. The molecule has 11 nitrogen and oxygen atoms in total. The van der Waals surface area contributed by atoms with Gasteiger partial charge in [-0.15, -0.1) is 134 Å². The molecule has 564 valence electrons. The molecule has 0 bridgehead atoms. The van der Waals surface area contributed by atoms with E-state index in [1.54, 1.807) is 0 Å². The first kappa shape index (κ1) is 112. The van der Waals surface area contributed by atoms with Gasteiger partial charge < -0.3 is 39.5 Å². The summed E-state index contributed by atoms with van der Waals surface area (Å²) < 4.78 is 26.9. The van der Waals surface area contributed by atoms with Gasteiger partial charge in [0.25, 0.3) is 0 Å². The Morgan fingerprint density at radius 3 is 1.30 bits per heavy atom. The molecule has 4 N–H and O–H groups in total. The third-order valence-electron chi connectivity index (χ3n) is 13.5. The van der Waals surface area contributed by atoms with E-state index in [1.165, 1.54) is 0 Å². The van der Waals surface area contributed by atoms with Gasteiger partial charge >= 0.3 is 12.1 Å². The number of amides is 2. The smallest absolute Gasteiger partial charge is 0.408 e. The second-order valence-electron chi connectivity index (χ2n) is 23.9. The number of carbonyl (C=O) groups excluding carboxylic acids is 2. The molecule has 0 aromatic heterocycles. The molecule has 19 unspecified atom stereocenters. The van der Waals surface area contributed by atoms with Crippen LogP contribution in [-0.2, 0) is 41.4 Å². The second kappa shape index (κ2) is 69.8. The second-order valence-corrected chi connectivity index (χ2v) is 120. The fraction of sp³-hybridized carbons (Fsp3) is 0.596. The van der Waals surface area contributed by atoms with Crippen molar-refractivity contribution in [1.29, 1.82) is 0 Å². The number of benzene rings is 2. The first-order chi connectivity index (χ1) is 45.2. The highest BCUT2D eigenvalue weighted by Crippen LogP contribution is 3.10. The topological polar surface area (TPSA) is 153 Å². The summed E-state index contributed by atoms with van der Waals surface area (Å²) in [7, 11) is 44.1. The van der Waals surface area contributed by atoms with Gasteiger partial charge in [0.2, 0.25) is 5.91 Å². The molecule has 2 aromatic rings. The number of carbonyl (C=O) groups is 3. The van der Waals surface area contributed by atoms with Crippen molar-refractivity contribution in [2.45, 2.75) is 182 Å². The van der Waals surface area contributed by atoms with E-state index in [0.29, 0.717) is 46.3 Å². The number of halogens is 2. The number of ether oxygens (including phenoxy) is 3. The van der Waals surface area contributed by atoms with Crippen LogP contribution in [0.4, 0.5) is 4.79 Å². The van der Waals surface area contributed by atoms with Gasteiger partial charge in [-0.1, -0.05) is 218 Å². The lowest BCUT2D eigenvalue weighted by molar-refractivity contribution is -0.137. The van der Waals surface area contributed by atoms with Crippen molar-refractivity contribution in [3.63, 3.8) is 0 Å². The lowest BCUT2D eigenvalue weighted by Gasteiger charge is -2.36. The first-order valence-corrected chi connectivity index (χ1v) is 81.0. The Labute approximate surface area is 667 Å². The third-order valence-corrected chi connectivity index (χ3v) is 143. The van der Waals surface area contributed by atoms with Crippen LogP contribution in [0.25, 0.3) is 0 Å². The number of rotatable bonds is 38. The maximum Gasteiger partial charge on any atom is 0.408 e. The van der Waals surface area contributed by atoms with E-state index in [9.17, 15) is 14.4 Å². The summed E-state index contributed by atoms with van der Waals surface area (Å²) in [5, 5.41) is 23.7. The predicted molar refractivity (Wildman–Crippen MR) is 538 cm³/mol. The zero-order valence-corrected chi connectivity index (χ0v) is 91.7. The quantitative estimate of drug-likeness (QED) is 0.0169. The summed E-state index contributed by atoms with van der Waals surface area (Å²) in [6, 6.07) is 20.0. The van der Waals surface area contributed by atoms with Gasteiger partial charge in [-0.05, 0) is 172 Å². The van der Waals surface area contributed by atoms with Crippen LogP contribution in [0.15, 0.2) is 104 Å². The Kier molecular flexibility index (Phi) is 80.3. The van der Waals surface area contributed by atoms with E-state index in [2.05, 4.69) is 263 Å². The summed E-state index contributed by atoms with van der Waals surface area (Å²) >= 11 is 4.40. The maximum absolute atomic E-state index is 12.4. The Bertz CT molecular complexity index is 2390. The van der Waals surface area contributed by atoms with Gasteiger partial charge in [0.15, 0.2) is 8.32 Å². The Balaban J connectivity index is -0.000000573. The minimum atomic E-state index is -1.59. The SMILES string of the molecule is C/C(=C\COCc1ccccc1)C(NC(=O)CCCCCCO)[C@@H](C)/C=C/I.C/C(=C\COCc1ccccc1)[C@@H](NC(=O)OC(C)(C)C)[C@@H](C)/C=C/I.CC(C)(C)[Si](C)(C)OCCCCCCC(=O)O.PP(P)P(P(P)P)P(P)P.PPP(P(P)P)P(P)P.PPP(P)P(P)P.